The number of hydrogen-bond donors (Lipinski definition) is 1. The number of hydrogen-bond acceptors (Lipinski definition) is 3. The number of aromatic nitrogens is 1. The summed E-state index contributed by atoms with van der Waals surface area (Å²) in [6.45, 7) is 1.97. The molecule has 1 unspecified atom stereocenters. The van der Waals surface area contributed by atoms with E-state index in [1.165, 1.54) is 6.07 Å². The first-order valence-electron chi connectivity index (χ1n) is 7.47. The highest BCUT2D eigenvalue weighted by molar-refractivity contribution is 5.93. The van der Waals surface area contributed by atoms with Crippen LogP contribution in [0.3, 0.4) is 0 Å². The van der Waals surface area contributed by atoms with Crippen LogP contribution in [-0.4, -0.2) is 11.0 Å². The van der Waals surface area contributed by atoms with E-state index in [1.807, 2.05) is 37.3 Å². The molecule has 0 amide bonds. The summed E-state index contributed by atoms with van der Waals surface area (Å²) in [4.78, 5) is 4.30. The molecule has 0 aliphatic carbocycles. The molecular formula is C19H16FN3. The van der Waals surface area contributed by atoms with E-state index < -0.39 is 0 Å². The number of nitrogens with one attached hydrogen (secondary N) is 1. The summed E-state index contributed by atoms with van der Waals surface area (Å²) in [6.07, 6.45) is 2.11. The zero-order valence-corrected chi connectivity index (χ0v) is 12.8. The van der Waals surface area contributed by atoms with Crippen molar-refractivity contribution >= 4 is 16.6 Å². The summed E-state index contributed by atoms with van der Waals surface area (Å²) >= 11 is 0. The number of benzene rings is 2. The van der Waals surface area contributed by atoms with Gasteiger partial charge < -0.3 is 5.32 Å². The number of para-hydroxylation sites is 1. The maximum absolute atomic E-state index is 13.8. The van der Waals surface area contributed by atoms with Gasteiger partial charge >= 0.3 is 0 Å². The Labute approximate surface area is 134 Å². The predicted octanol–water partition coefficient (Wildman–Crippen LogP) is 4.29. The Kier molecular flexibility index (Phi) is 4.20. The molecule has 114 valence electrons. The topological polar surface area (TPSA) is 48.7 Å². The minimum atomic E-state index is -0.207. The molecule has 1 aromatic heterocycles. The van der Waals surface area contributed by atoms with Gasteiger partial charge in [-0.1, -0.05) is 36.4 Å². The summed E-state index contributed by atoms with van der Waals surface area (Å²) < 4.78 is 13.8. The van der Waals surface area contributed by atoms with Crippen LogP contribution in [0, 0.1) is 17.1 Å². The van der Waals surface area contributed by atoms with Crippen molar-refractivity contribution in [2.24, 2.45) is 0 Å². The van der Waals surface area contributed by atoms with E-state index in [-0.39, 0.29) is 11.9 Å². The molecule has 0 radical (unpaired) electrons. The number of halogens is 1. The van der Waals surface area contributed by atoms with E-state index in [2.05, 4.69) is 16.4 Å². The Balaban J connectivity index is 1.92. The largest absolute Gasteiger partial charge is 0.381 e. The van der Waals surface area contributed by atoms with Crippen LogP contribution < -0.4 is 5.32 Å². The van der Waals surface area contributed by atoms with Crippen LogP contribution in [-0.2, 0) is 6.42 Å². The number of nitriles is 1. The van der Waals surface area contributed by atoms with Crippen LogP contribution >= 0.6 is 0 Å². The number of nitrogens with zero attached hydrogens (tertiary/aromatic N) is 2. The number of fused-ring (bicyclic) bond motifs is 1. The predicted molar refractivity (Wildman–Crippen MR) is 89.6 cm³/mol. The molecule has 23 heavy (non-hydrogen) atoms. The maximum Gasteiger partial charge on any atom is 0.126 e. The van der Waals surface area contributed by atoms with Crippen LogP contribution in [0.1, 0.15) is 18.1 Å². The first-order valence-corrected chi connectivity index (χ1v) is 7.47. The van der Waals surface area contributed by atoms with Gasteiger partial charge in [0.1, 0.15) is 11.9 Å². The second-order valence-electron chi connectivity index (χ2n) is 5.52. The monoisotopic (exact) mass is 305 g/mol. The van der Waals surface area contributed by atoms with Gasteiger partial charge in [0.25, 0.3) is 0 Å². The molecule has 0 bridgehead atoms. The highest BCUT2D eigenvalue weighted by atomic mass is 19.1. The third-order valence-corrected chi connectivity index (χ3v) is 3.77. The molecule has 2 aromatic carbocycles. The highest BCUT2D eigenvalue weighted by Gasteiger charge is 2.13. The van der Waals surface area contributed by atoms with E-state index in [9.17, 15) is 9.65 Å². The third kappa shape index (κ3) is 3.14. The van der Waals surface area contributed by atoms with E-state index in [1.54, 1.807) is 18.3 Å². The van der Waals surface area contributed by atoms with Crippen LogP contribution in [0.4, 0.5) is 10.1 Å². The molecule has 0 saturated heterocycles. The van der Waals surface area contributed by atoms with E-state index >= 15 is 0 Å². The molecule has 1 heterocycles. The molecule has 1 N–H and O–H groups in total. The van der Waals surface area contributed by atoms with Crippen molar-refractivity contribution < 1.29 is 4.39 Å². The van der Waals surface area contributed by atoms with Gasteiger partial charge in [-0.2, -0.15) is 5.26 Å². The summed E-state index contributed by atoms with van der Waals surface area (Å²) in [6, 6.07) is 16.6. The SMILES string of the molecule is CC(Cc1ccccc1F)Nc1c(C#N)cnc2ccccc12. The van der Waals surface area contributed by atoms with Crippen molar-refractivity contribution in [3.8, 4) is 6.07 Å². The normalized spacial score (nSPS) is 11.9. The summed E-state index contributed by atoms with van der Waals surface area (Å²) in [7, 11) is 0. The standard InChI is InChI=1S/C19H16FN3/c1-13(10-14-6-2-4-8-17(14)20)23-19-15(11-21)12-22-18-9-5-3-7-16(18)19/h2-9,12-13H,10H2,1H3,(H,22,23). The Morgan fingerprint density at radius 1 is 1.17 bits per heavy atom. The molecule has 0 aliphatic rings. The molecule has 3 nitrogen and oxygen atoms in total. The third-order valence-electron chi connectivity index (χ3n) is 3.77. The minimum absolute atomic E-state index is 0.0233. The molecule has 0 spiro atoms. The molecule has 0 saturated carbocycles. The molecular weight excluding hydrogens is 289 g/mol. The summed E-state index contributed by atoms with van der Waals surface area (Å²) in [5.41, 5.74) is 2.72. The van der Waals surface area contributed by atoms with E-state index in [4.69, 9.17) is 0 Å². The van der Waals surface area contributed by atoms with Gasteiger partial charge in [-0.05, 0) is 31.0 Å². The first kappa shape index (κ1) is 15.0. The molecule has 0 aliphatic heterocycles. The highest BCUT2D eigenvalue weighted by Crippen LogP contribution is 2.26. The first-order chi connectivity index (χ1) is 11.2. The smallest absolute Gasteiger partial charge is 0.126 e. The Morgan fingerprint density at radius 3 is 2.70 bits per heavy atom. The number of pyridine rings is 1. The van der Waals surface area contributed by atoms with Crippen molar-refractivity contribution in [3.05, 3.63) is 71.7 Å². The Morgan fingerprint density at radius 2 is 1.91 bits per heavy atom. The lowest BCUT2D eigenvalue weighted by Gasteiger charge is -2.18. The lowest BCUT2D eigenvalue weighted by Crippen LogP contribution is -2.19. The maximum atomic E-state index is 13.8. The van der Waals surface area contributed by atoms with Gasteiger partial charge in [0.15, 0.2) is 0 Å². The zero-order chi connectivity index (χ0) is 16.2. The second-order valence-corrected chi connectivity index (χ2v) is 5.52. The van der Waals surface area contributed by atoms with Crippen LogP contribution in [0.2, 0.25) is 0 Å². The lowest BCUT2D eigenvalue weighted by molar-refractivity contribution is 0.601. The van der Waals surface area contributed by atoms with Gasteiger partial charge in [0.05, 0.1) is 16.8 Å². The second kappa shape index (κ2) is 6.45. The fourth-order valence-corrected chi connectivity index (χ4v) is 2.67. The van der Waals surface area contributed by atoms with Gasteiger partial charge in [0, 0.05) is 17.6 Å². The van der Waals surface area contributed by atoms with E-state index in [0.717, 1.165) is 16.6 Å². The number of rotatable bonds is 4. The van der Waals surface area contributed by atoms with Crippen molar-refractivity contribution in [1.29, 1.82) is 5.26 Å². The summed E-state index contributed by atoms with van der Waals surface area (Å²) in [5, 5.41) is 13.6. The van der Waals surface area contributed by atoms with Crippen molar-refractivity contribution in [2.75, 3.05) is 5.32 Å². The van der Waals surface area contributed by atoms with Crippen LogP contribution in [0.15, 0.2) is 54.7 Å². The fraction of sp³-hybridized carbons (Fsp3) is 0.158. The van der Waals surface area contributed by atoms with E-state index in [0.29, 0.717) is 17.5 Å². The van der Waals surface area contributed by atoms with Gasteiger partial charge in [-0.15, -0.1) is 0 Å². The molecule has 0 fully saturated rings. The molecule has 1 atom stereocenters. The molecule has 3 rings (SSSR count). The average molecular weight is 305 g/mol. The summed E-state index contributed by atoms with van der Waals surface area (Å²) in [5.74, 6) is -0.207. The number of anilines is 1. The minimum Gasteiger partial charge on any atom is -0.381 e. The van der Waals surface area contributed by atoms with Crippen LogP contribution in [0.5, 0.6) is 0 Å². The molecule has 4 heteroatoms. The van der Waals surface area contributed by atoms with Gasteiger partial charge in [-0.25, -0.2) is 4.39 Å². The fourth-order valence-electron chi connectivity index (χ4n) is 2.67. The van der Waals surface area contributed by atoms with Gasteiger partial charge in [-0.3, -0.25) is 4.98 Å². The molecule has 3 aromatic rings. The zero-order valence-electron chi connectivity index (χ0n) is 12.8. The van der Waals surface area contributed by atoms with Crippen molar-refractivity contribution in [2.45, 2.75) is 19.4 Å². The quantitative estimate of drug-likeness (QED) is 0.782. The van der Waals surface area contributed by atoms with Gasteiger partial charge in [0.2, 0.25) is 0 Å². The average Bonchev–Trinajstić information content (AvgIpc) is 2.57. The van der Waals surface area contributed by atoms with Crippen molar-refractivity contribution in [3.63, 3.8) is 0 Å². The van der Waals surface area contributed by atoms with Crippen LogP contribution in [0.25, 0.3) is 10.9 Å². The van der Waals surface area contributed by atoms with Crippen molar-refractivity contribution in [1.82, 2.24) is 4.98 Å². The lowest BCUT2D eigenvalue weighted by atomic mass is 10.0. The Hall–Kier alpha value is -2.93. The Bertz CT molecular complexity index is 883.